The maximum Gasteiger partial charge on any atom is 0.245 e. The second kappa shape index (κ2) is 9.41. The third kappa shape index (κ3) is 5.99. The number of rotatable bonds is 9. The molecule has 2 rings (SSSR count). The van der Waals surface area contributed by atoms with Gasteiger partial charge in [-0.1, -0.05) is 37.6 Å². The summed E-state index contributed by atoms with van der Waals surface area (Å²) in [6, 6.07) is 14.3. The highest BCUT2D eigenvalue weighted by Gasteiger charge is 2.23. The first kappa shape index (κ1) is 20.8. The number of anilines is 2. The van der Waals surface area contributed by atoms with Crippen molar-refractivity contribution in [2.24, 2.45) is 0 Å². The number of hydrogen-bond acceptors (Lipinski definition) is 4. The van der Waals surface area contributed by atoms with E-state index in [2.05, 4.69) is 12.2 Å². The molecule has 0 aliphatic carbocycles. The van der Waals surface area contributed by atoms with E-state index in [9.17, 15) is 13.2 Å². The molecule has 0 aliphatic heterocycles. The Balaban J connectivity index is 2.13. The lowest BCUT2D eigenvalue weighted by Gasteiger charge is -2.23. The highest BCUT2D eigenvalue weighted by Crippen LogP contribution is 2.29. The van der Waals surface area contributed by atoms with Crippen LogP contribution in [-0.2, 0) is 21.2 Å². The van der Waals surface area contributed by atoms with Crippen molar-refractivity contribution in [3.05, 3.63) is 54.1 Å². The number of unbranched alkanes of at least 4 members (excludes halogenated alkanes) is 1. The summed E-state index contributed by atoms with van der Waals surface area (Å²) < 4.78 is 30.7. The number of nitrogens with zero attached hydrogens (tertiary/aromatic N) is 1. The Hall–Kier alpha value is -2.54. The number of para-hydroxylation sites is 2. The molecule has 0 atom stereocenters. The lowest BCUT2D eigenvalue weighted by molar-refractivity contribution is -0.114. The van der Waals surface area contributed by atoms with Gasteiger partial charge in [-0.05, 0) is 42.7 Å². The molecular formula is C20H26N2O4S. The molecule has 1 amide bonds. The van der Waals surface area contributed by atoms with Gasteiger partial charge in [0.05, 0.1) is 19.1 Å². The lowest BCUT2D eigenvalue weighted by atomic mass is 10.1. The van der Waals surface area contributed by atoms with Crippen LogP contribution in [0.1, 0.15) is 25.3 Å². The Morgan fingerprint density at radius 1 is 1.11 bits per heavy atom. The summed E-state index contributed by atoms with van der Waals surface area (Å²) in [5.41, 5.74) is 2.17. The molecule has 0 saturated carbocycles. The van der Waals surface area contributed by atoms with Gasteiger partial charge in [-0.3, -0.25) is 9.10 Å². The maximum atomic E-state index is 12.4. The molecule has 6 nitrogen and oxygen atoms in total. The number of benzene rings is 2. The monoisotopic (exact) mass is 390 g/mol. The molecule has 0 bridgehead atoms. The van der Waals surface area contributed by atoms with E-state index in [1.54, 1.807) is 24.3 Å². The number of aryl methyl sites for hydroxylation is 1. The van der Waals surface area contributed by atoms with Crippen molar-refractivity contribution in [1.29, 1.82) is 0 Å². The van der Waals surface area contributed by atoms with E-state index in [1.165, 1.54) is 12.7 Å². The van der Waals surface area contributed by atoms with E-state index in [0.717, 1.165) is 29.8 Å². The number of hydrogen-bond donors (Lipinski definition) is 1. The third-order valence-corrected chi connectivity index (χ3v) is 5.22. The predicted molar refractivity (Wildman–Crippen MR) is 109 cm³/mol. The highest BCUT2D eigenvalue weighted by molar-refractivity contribution is 7.92. The molecule has 0 radical (unpaired) electrons. The minimum Gasteiger partial charge on any atom is -0.495 e. The van der Waals surface area contributed by atoms with Gasteiger partial charge in [-0.15, -0.1) is 0 Å². The zero-order chi connectivity index (χ0) is 19.9. The Bertz CT molecular complexity index is 864. The van der Waals surface area contributed by atoms with Crippen LogP contribution in [0.25, 0.3) is 0 Å². The van der Waals surface area contributed by atoms with Gasteiger partial charge >= 0.3 is 0 Å². The van der Waals surface area contributed by atoms with E-state index < -0.39 is 15.9 Å². The number of carbonyl (C=O) groups is 1. The zero-order valence-corrected chi connectivity index (χ0v) is 16.8. The topological polar surface area (TPSA) is 75.7 Å². The minimum atomic E-state index is -3.66. The molecular weight excluding hydrogens is 364 g/mol. The molecule has 0 unspecified atom stereocenters. The fraction of sp³-hybridized carbons (Fsp3) is 0.350. The van der Waals surface area contributed by atoms with Crippen LogP contribution >= 0.6 is 0 Å². The summed E-state index contributed by atoms with van der Waals surface area (Å²) in [6.07, 6.45) is 4.31. The van der Waals surface area contributed by atoms with E-state index in [1.807, 2.05) is 24.3 Å². The fourth-order valence-electron chi connectivity index (χ4n) is 2.68. The number of carbonyl (C=O) groups excluding carboxylic acids is 1. The van der Waals surface area contributed by atoms with Crippen LogP contribution in [0.5, 0.6) is 5.75 Å². The molecule has 27 heavy (non-hydrogen) atoms. The first-order chi connectivity index (χ1) is 12.8. The summed E-state index contributed by atoms with van der Waals surface area (Å²) >= 11 is 0. The third-order valence-electron chi connectivity index (χ3n) is 4.10. The minimum absolute atomic E-state index is 0.326. The Kier molecular flexibility index (Phi) is 7.24. The SMILES string of the molecule is CCCCc1ccc(NC(=O)CN(c2ccccc2OC)S(C)(=O)=O)cc1. The second-order valence-corrected chi connectivity index (χ2v) is 8.20. The normalized spacial score (nSPS) is 11.1. The molecule has 146 valence electrons. The fourth-order valence-corrected chi connectivity index (χ4v) is 3.54. The number of nitrogens with one attached hydrogen (secondary N) is 1. The number of ether oxygens (including phenoxy) is 1. The second-order valence-electron chi connectivity index (χ2n) is 6.29. The highest BCUT2D eigenvalue weighted by atomic mass is 32.2. The van der Waals surface area contributed by atoms with Crippen molar-refractivity contribution in [3.8, 4) is 5.75 Å². The van der Waals surface area contributed by atoms with Crippen LogP contribution in [0.4, 0.5) is 11.4 Å². The molecule has 0 aliphatic rings. The molecule has 0 spiro atoms. The average Bonchev–Trinajstić information content (AvgIpc) is 2.64. The number of methoxy groups -OCH3 is 1. The number of amides is 1. The van der Waals surface area contributed by atoms with Crippen molar-refractivity contribution in [1.82, 2.24) is 0 Å². The van der Waals surface area contributed by atoms with Crippen molar-refractivity contribution in [2.75, 3.05) is 29.5 Å². The van der Waals surface area contributed by atoms with Gasteiger partial charge < -0.3 is 10.1 Å². The Labute approximate surface area is 161 Å². The summed E-state index contributed by atoms with van der Waals surface area (Å²) in [4.78, 5) is 12.4. The summed E-state index contributed by atoms with van der Waals surface area (Å²) in [5, 5.41) is 2.75. The molecule has 1 N–H and O–H groups in total. The van der Waals surface area contributed by atoms with Gasteiger partial charge in [0.2, 0.25) is 15.9 Å². The Morgan fingerprint density at radius 3 is 2.37 bits per heavy atom. The predicted octanol–water partition coefficient (Wildman–Crippen LogP) is 3.44. The Morgan fingerprint density at radius 2 is 1.78 bits per heavy atom. The van der Waals surface area contributed by atoms with Crippen LogP contribution in [0, 0.1) is 0 Å². The van der Waals surface area contributed by atoms with Crippen LogP contribution in [-0.4, -0.2) is 34.2 Å². The quantitative estimate of drug-likeness (QED) is 0.712. The van der Waals surface area contributed by atoms with Crippen LogP contribution in [0.3, 0.4) is 0 Å². The van der Waals surface area contributed by atoms with Gasteiger partial charge in [0.15, 0.2) is 0 Å². The molecule has 0 fully saturated rings. The molecule has 2 aromatic carbocycles. The maximum absolute atomic E-state index is 12.4. The van der Waals surface area contributed by atoms with Crippen molar-refractivity contribution >= 4 is 27.3 Å². The molecule has 0 saturated heterocycles. The van der Waals surface area contributed by atoms with Crippen LogP contribution in [0.2, 0.25) is 0 Å². The standard InChI is InChI=1S/C20H26N2O4S/c1-4-5-8-16-11-13-17(14-12-16)21-20(23)15-22(27(3,24)25)18-9-6-7-10-19(18)26-2/h6-7,9-14H,4-5,8,15H2,1-3H3,(H,21,23). The first-order valence-electron chi connectivity index (χ1n) is 8.84. The van der Waals surface area contributed by atoms with E-state index in [-0.39, 0.29) is 6.54 Å². The molecule has 0 heterocycles. The van der Waals surface area contributed by atoms with Gasteiger partial charge in [0.25, 0.3) is 0 Å². The smallest absolute Gasteiger partial charge is 0.245 e. The largest absolute Gasteiger partial charge is 0.495 e. The molecule has 0 aromatic heterocycles. The lowest BCUT2D eigenvalue weighted by Crippen LogP contribution is -2.37. The van der Waals surface area contributed by atoms with Gasteiger partial charge in [0, 0.05) is 5.69 Å². The van der Waals surface area contributed by atoms with E-state index in [4.69, 9.17) is 4.74 Å². The molecule has 2 aromatic rings. The van der Waals surface area contributed by atoms with Gasteiger partial charge in [-0.2, -0.15) is 0 Å². The first-order valence-corrected chi connectivity index (χ1v) is 10.7. The zero-order valence-electron chi connectivity index (χ0n) is 15.9. The van der Waals surface area contributed by atoms with Gasteiger partial charge in [0.1, 0.15) is 12.3 Å². The van der Waals surface area contributed by atoms with Crippen molar-refractivity contribution < 1.29 is 17.9 Å². The van der Waals surface area contributed by atoms with Crippen molar-refractivity contribution in [2.45, 2.75) is 26.2 Å². The van der Waals surface area contributed by atoms with E-state index in [0.29, 0.717) is 17.1 Å². The summed E-state index contributed by atoms with van der Waals surface area (Å²) in [6.45, 7) is 1.81. The van der Waals surface area contributed by atoms with Crippen LogP contribution < -0.4 is 14.4 Å². The van der Waals surface area contributed by atoms with E-state index >= 15 is 0 Å². The summed E-state index contributed by atoms with van der Waals surface area (Å²) in [7, 11) is -2.20. The summed E-state index contributed by atoms with van der Waals surface area (Å²) in [5.74, 6) is -0.0383. The van der Waals surface area contributed by atoms with Crippen LogP contribution in [0.15, 0.2) is 48.5 Å². The number of sulfonamides is 1. The molecule has 7 heteroatoms. The van der Waals surface area contributed by atoms with Gasteiger partial charge in [-0.25, -0.2) is 8.42 Å². The van der Waals surface area contributed by atoms with Crippen molar-refractivity contribution in [3.63, 3.8) is 0 Å². The average molecular weight is 391 g/mol.